The number of nitrogens with zero attached hydrogens (tertiary/aromatic N) is 4. The van der Waals surface area contributed by atoms with E-state index < -0.39 is 6.29 Å². The zero-order valence-corrected chi connectivity index (χ0v) is 26.1. The summed E-state index contributed by atoms with van der Waals surface area (Å²) in [5.74, 6) is 1.49. The van der Waals surface area contributed by atoms with E-state index in [1.165, 1.54) is 42.2 Å². The van der Waals surface area contributed by atoms with Crippen LogP contribution in [0.1, 0.15) is 60.9 Å². The van der Waals surface area contributed by atoms with Crippen LogP contribution >= 0.6 is 11.3 Å². The second kappa shape index (κ2) is 16.0. The van der Waals surface area contributed by atoms with Gasteiger partial charge >= 0.3 is 0 Å². The number of aromatic nitrogens is 1. The van der Waals surface area contributed by atoms with E-state index in [2.05, 4.69) is 34.0 Å². The van der Waals surface area contributed by atoms with E-state index >= 15 is 0 Å². The molecule has 3 N–H and O–H groups in total. The highest BCUT2D eigenvalue weighted by Gasteiger charge is 2.19. The second-order valence-electron chi connectivity index (χ2n) is 11.3. The molecule has 0 saturated carbocycles. The van der Waals surface area contributed by atoms with Gasteiger partial charge in [-0.1, -0.05) is 24.9 Å². The number of hydrogen-bond acceptors (Lipinski definition) is 9. The molecule has 5 rings (SSSR count). The fourth-order valence-electron chi connectivity index (χ4n) is 5.53. The molecule has 0 amide bonds. The Morgan fingerprint density at radius 3 is 2.30 bits per heavy atom. The van der Waals surface area contributed by atoms with Crippen molar-refractivity contribution in [1.29, 1.82) is 0 Å². The highest BCUT2D eigenvalue weighted by molar-refractivity contribution is 7.12. The third kappa shape index (κ3) is 9.15. The van der Waals surface area contributed by atoms with Crippen LogP contribution < -0.4 is 15.2 Å². The zero-order valence-electron chi connectivity index (χ0n) is 25.2. The highest BCUT2D eigenvalue weighted by atomic mass is 32.1. The number of ether oxygens (including phenoxy) is 3. The van der Waals surface area contributed by atoms with Crippen LogP contribution in [0, 0.1) is 0 Å². The minimum atomic E-state index is -0.431. The summed E-state index contributed by atoms with van der Waals surface area (Å²) >= 11 is 1.87. The molecule has 43 heavy (non-hydrogen) atoms. The molecule has 0 aliphatic carbocycles. The van der Waals surface area contributed by atoms with Gasteiger partial charge < -0.3 is 25.2 Å². The summed E-state index contributed by atoms with van der Waals surface area (Å²) in [5.41, 5.74) is 8.54. The molecule has 0 bridgehead atoms. The van der Waals surface area contributed by atoms with E-state index in [0.717, 1.165) is 82.1 Å². The maximum Gasteiger partial charge on any atom is 0.241 e. The van der Waals surface area contributed by atoms with Gasteiger partial charge in [-0.3, -0.25) is 9.80 Å². The minimum absolute atomic E-state index is 0.0633. The fourth-order valence-corrected chi connectivity index (χ4v) is 6.65. The Labute approximate surface area is 259 Å². The first-order valence-corrected chi connectivity index (χ1v) is 16.5. The van der Waals surface area contributed by atoms with Crippen molar-refractivity contribution in [2.45, 2.75) is 64.7 Å². The van der Waals surface area contributed by atoms with Gasteiger partial charge in [0.2, 0.25) is 6.29 Å². The van der Waals surface area contributed by atoms with E-state index in [1.54, 1.807) is 24.3 Å². The molecule has 1 aromatic heterocycles. The summed E-state index contributed by atoms with van der Waals surface area (Å²) in [4.78, 5) is 11.6. The molecule has 9 nitrogen and oxygen atoms in total. The summed E-state index contributed by atoms with van der Waals surface area (Å²) in [6.07, 6.45) is 7.25. The lowest BCUT2D eigenvalue weighted by molar-refractivity contribution is -0.00211. The average Bonchev–Trinajstić information content (AvgIpc) is 3.46. The van der Waals surface area contributed by atoms with Gasteiger partial charge in [0.05, 0.1) is 25.5 Å². The van der Waals surface area contributed by atoms with Crippen molar-refractivity contribution in [2.24, 2.45) is 10.9 Å². The molecule has 232 valence electrons. The number of likely N-dealkylation sites (tertiary alicyclic amines) is 1. The minimum Gasteiger partial charge on any atom is -0.455 e. The molecule has 2 aliphatic heterocycles. The smallest absolute Gasteiger partial charge is 0.241 e. The molecule has 0 spiro atoms. The number of unbranched alkanes of at least 4 members (excludes halogenated alkanes) is 1. The maximum absolute atomic E-state index is 8.92. The largest absolute Gasteiger partial charge is 0.455 e. The summed E-state index contributed by atoms with van der Waals surface area (Å²) in [7, 11) is 0. The quantitative estimate of drug-likeness (QED) is 0.0786. The number of piperidine rings is 1. The third-order valence-corrected chi connectivity index (χ3v) is 9.12. The van der Waals surface area contributed by atoms with Crippen LogP contribution in [0.5, 0.6) is 11.5 Å². The zero-order chi connectivity index (χ0) is 29.9. The van der Waals surface area contributed by atoms with Crippen molar-refractivity contribution in [3.63, 3.8) is 0 Å². The van der Waals surface area contributed by atoms with Gasteiger partial charge in [0.25, 0.3) is 0 Å². The predicted octanol–water partition coefficient (Wildman–Crippen LogP) is 5.74. The van der Waals surface area contributed by atoms with E-state index in [9.17, 15) is 0 Å². The lowest BCUT2D eigenvalue weighted by atomic mass is 10.1. The number of nitrogens with two attached hydrogens (primary N) is 1. The number of hydrogen-bond donors (Lipinski definition) is 2. The van der Waals surface area contributed by atoms with Crippen molar-refractivity contribution < 1.29 is 19.4 Å². The van der Waals surface area contributed by atoms with E-state index in [-0.39, 0.29) is 5.84 Å². The summed E-state index contributed by atoms with van der Waals surface area (Å²) in [6.45, 7) is 10.1. The van der Waals surface area contributed by atoms with Crippen LogP contribution in [0.3, 0.4) is 0 Å². The standard InChI is InChI=1S/C33H45N5O4S/c1-2-3-7-31(42-28-14-10-26(11-15-28)33(34)36-39)41-27-12-8-25(9-13-27)32-29(16-19-37-20-22-40-23-21-37)43-30(35-32)24-38-17-5-4-6-18-38/h8-15,31,39H,2-7,16-24H2,1H3,(H2,34,36). The van der Waals surface area contributed by atoms with Gasteiger partial charge in [0, 0.05) is 42.1 Å². The number of rotatable bonds is 14. The van der Waals surface area contributed by atoms with Crippen molar-refractivity contribution in [2.75, 3.05) is 45.9 Å². The number of oxime groups is 1. The van der Waals surface area contributed by atoms with Crippen LogP contribution in [0.4, 0.5) is 0 Å². The van der Waals surface area contributed by atoms with E-state index in [0.29, 0.717) is 11.3 Å². The summed E-state index contributed by atoms with van der Waals surface area (Å²) < 4.78 is 18.1. The maximum atomic E-state index is 8.92. The molecule has 3 aromatic rings. The molecule has 2 aliphatic rings. The molecule has 3 heterocycles. The van der Waals surface area contributed by atoms with Gasteiger partial charge in [-0.15, -0.1) is 11.3 Å². The van der Waals surface area contributed by atoms with Crippen LogP contribution in [0.2, 0.25) is 0 Å². The Morgan fingerprint density at radius 2 is 1.65 bits per heavy atom. The third-order valence-electron chi connectivity index (χ3n) is 8.02. The van der Waals surface area contributed by atoms with Gasteiger partial charge in [0.15, 0.2) is 5.84 Å². The van der Waals surface area contributed by atoms with Crippen molar-refractivity contribution in [3.8, 4) is 22.8 Å². The number of morpholine rings is 1. The highest BCUT2D eigenvalue weighted by Crippen LogP contribution is 2.32. The Balaban J connectivity index is 1.28. The topological polar surface area (TPSA) is 106 Å². The molecule has 10 heteroatoms. The Hall–Kier alpha value is -3.18. The number of benzene rings is 2. The molecule has 2 saturated heterocycles. The van der Waals surface area contributed by atoms with Crippen LogP contribution in [0.25, 0.3) is 11.3 Å². The molecule has 2 aromatic carbocycles. The van der Waals surface area contributed by atoms with E-state index in [4.69, 9.17) is 30.1 Å². The van der Waals surface area contributed by atoms with Crippen molar-refractivity contribution in [1.82, 2.24) is 14.8 Å². The lowest BCUT2D eigenvalue weighted by Gasteiger charge is -2.26. The Bertz CT molecular complexity index is 1290. The van der Waals surface area contributed by atoms with Gasteiger partial charge in [-0.25, -0.2) is 4.98 Å². The average molecular weight is 608 g/mol. The summed E-state index contributed by atoms with van der Waals surface area (Å²) in [5, 5.41) is 13.2. The summed E-state index contributed by atoms with van der Waals surface area (Å²) in [6, 6.07) is 15.4. The van der Waals surface area contributed by atoms with Crippen molar-refractivity contribution in [3.05, 3.63) is 64.0 Å². The monoisotopic (exact) mass is 607 g/mol. The molecular formula is C33H45N5O4S. The Kier molecular flexibility index (Phi) is 11.7. The van der Waals surface area contributed by atoms with Gasteiger partial charge in [-0.05, 0) is 87.3 Å². The number of amidine groups is 1. The SMILES string of the molecule is CCCCC(Oc1ccc(C(N)=NO)cc1)Oc1ccc(-c2nc(CN3CCCCC3)sc2CCN2CCOCC2)cc1. The molecule has 2 fully saturated rings. The lowest BCUT2D eigenvalue weighted by Crippen LogP contribution is -2.37. The predicted molar refractivity (Wildman–Crippen MR) is 171 cm³/mol. The normalized spacial score (nSPS) is 17.6. The van der Waals surface area contributed by atoms with Crippen LogP contribution in [-0.2, 0) is 17.7 Å². The van der Waals surface area contributed by atoms with E-state index in [1.807, 2.05) is 23.5 Å². The second-order valence-corrected chi connectivity index (χ2v) is 12.4. The molecular weight excluding hydrogens is 562 g/mol. The fraction of sp³-hybridized carbons (Fsp3) is 0.515. The molecule has 1 unspecified atom stereocenters. The first-order valence-electron chi connectivity index (χ1n) is 15.6. The molecule has 1 atom stereocenters. The van der Waals surface area contributed by atoms with Gasteiger partial charge in [-0.2, -0.15) is 0 Å². The van der Waals surface area contributed by atoms with Crippen molar-refractivity contribution >= 4 is 17.2 Å². The van der Waals surface area contributed by atoms with Gasteiger partial charge in [0.1, 0.15) is 16.5 Å². The Morgan fingerprint density at radius 1 is 0.977 bits per heavy atom. The first-order chi connectivity index (χ1) is 21.1. The first kappa shape index (κ1) is 31.3. The number of thiazole rings is 1. The molecule has 0 radical (unpaired) electrons. The van der Waals surface area contributed by atoms with Crippen LogP contribution in [0.15, 0.2) is 53.7 Å². The van der Waals surface area contributed by atoms with Crippen LogP contribution in [-0.4, -0.2) is 78.1 Å².